The van der Waals surface area contributed by atoms with E-state index in [1.165, 1.54) is 45.9 Å². The van der Waals surface area contributed by atoms with Crippen LogP contribution < -0.4 is 0 Å². The number of hydrogen-bond donors (Lipinski definition) is 0. The van der Waals surface area contributed by atoms with Gasteiger partial charge in [0, 0.05) is 99.5 Å². The van der Waals surface area contributed by atoms with E-state index in [0.29, 0.717) is 0 Å². The van der Waals surface area contributed by atoms with Gasteiger partial charge < -0.3 is 14.9 Å². The first-order valence-electron chi connectivity index (χ1n) is 7.40. The van der Waals surface area contributed by atoms with Gasteiger partial charge in [0.05, 0.1) is 9.85 Å². The third-order valence-electron chi connectivity index (χ3n) is 2.29. The molecule has 0 aliphatic heterocycles. The maximum Gasteiger partial charge on any atom is 0.270 e. The van der Waals surface area contributed by atoms with E-state index in [2.05, 4.69) is 0 Å². The van der Waals surface area contributed by atoms with Crippen LogP contribution in [0.2, 0.25) is 0 Å². The average Bonchev–Trinajstić information content (AvgIpc) is 2.64. The average molecular weight is 576 g/mol. The summed E-state index contributed by atoms with van der Waals surface area (Å²) in [6, 6.07) is 12.5. The van der Waals surface area contributed by atoms with Gasteiger partial charge in [0.1, 0.15) is 0 Å². The van der Waals surface area contributed by atoms with Crippen molar-refractivity contribution in [2.45, 2.75) is 37.5 Å². The maximum atomic E-state index is 10.7. The van der Waals surface area contributed by atoms with E-state index in [1.807, 2.05) is 27.7 Å². The number of hydrogen-bond acceptors (Lipinski definition) is 6. The molecule has 2 radical (unpaired) electrons. The third-order valence-corrected chi connectivity index (χ3v) is 4.67. The van der Waals surface area contributed by atoms with Crippen molar-refractivity contribution in [1.29, 1.82) is 0 Å². The Morgan fingerprint density at radius 3 is 1.21 bits per heavy atom. The summed E-state index contributed by atoms with van der Waals surface area (Å²) >= 11 is 0. The second-order valence-electron chi connectivity index (χ2n) is 3.68. The smallest absolute Gasteiger partial charge is 0.270 e. The van der Waals surface area contributed by atoms with Crippen molar-refractivity contribution in [3.63, 3.8) is 0 Å². The van der Waals surface area contributed by atoms with Crippen molar-refractivity contribution >= 4 is 33.0 Å². The number of non-ortho nitro benzene ring substituents is 2. The Morgan fingerprint density at radius 1 is 0.679 bits per heavy atom. The van der Waals surface area contributed by atoms with Gasteiger partial charge in [-0.1, -0.05) is 61.4 Å². The first-order chi connectivity index (χ1) is 11.6. The molecule has 28 heavy (non-hydrogen) atoms. The van der Waals surface area contributed by atoms with Gasteiger partial charge in [-0.25, -0.2) is 0 Å². The number of nitro groups is 2. The Hall–Kier alpha value is 0.148. The van der Waals surface area contributed by atoms with Gasteiger partial charge in [0.25, 0.3) is 11.4 Å². The molecule has 0 bridgehead atoms. The second kappa shape index (κ2) is 23.4. The Labute approximate surface area is 226 Å². The molecule has 2 aromatic carbocycles. The molecule has 0 aliphatic rings. The molecule has 0 atom stereocenters. The molecular weight excluding hydrogens is 550 g/mol. The maximum absolute atomic E-state index is 10.7. The molecule has 0 N–H and O–H groups in total. The van der Waals surface area contributed by atoms with Gasteiger partial charge in [-0.15, -0.1) is 0 Å². The van der Waals surface area contributed by atoms with Crippen LogP contribution in [0.25, 0.3) is 0 Å². The van der Waals surface area contributed by atoms with Crippen LogP contribution in [0.5, 0.6) is 0 Å². The van der Waals surface area contributed by atoms with E-state index in [1.54, 1.807) is 24.3 Å². The molecule has 0 fully saturated rings. The van der Waals surface area contributed by atoms with Crippen molar-refractivity contribution in [3.8, 4) is 0 Å². The second-order valence-corrected chi connectivity index (χ2v) is 5.95. The van der Waals surface area contributed by atoms with Gasteiger partial charge in [0.15, 0.2) is 0 Å². The summed E-state index contributed by atoms with van der Waals surface area (Å²) in [6.07, 6.45) is 0. The summed E-state index contributed by atoms with van der Waals surface area (Å²) < 4.78 is 0. The van der Waals surface area contributed by atoms with E-state index in [-0.39, 0.29) is 91.6 Å². The monoisotopic (exact) mass is 576 g/mol. The first kappa shape index (κ1) is 38.7. The van der Waals surface area contributed by atoms with E-state index in [9.17, 15) is 20.2 Å². The normalized spacial score (nSPS) is 7.71. The predicted molar refractivity (Wildman–Crippen MR) is 113 cm³/mol. The molecule has 0 saturated carbocycles. The summed E-state index contributed by atoms with van der Waals surface area (Å²) in [6.45, 7) is 8.00. The minimum Gasteiger partial charge on any atom is -0.358 e. The van der Waals surface area contributed by atoms with Crippen LogP contribution in [0.4, 0.5) is 11.4 Å². The molecule has 2 aromatic rings. The molecule has 10 heteroatoms. The van der Waals surface area contributed by atoms with Crippen molar-refractivity contribution in [3.05, 3.63) is 83.6 Å². The SMILES string of the molecule is CC.CC.O=[N+]([O-])c1cccc(SSc2cccc([N+](=O)[O-])c2)c1.[CH3-].[CH3-].[Y].[Y]. The van der Waals surface area contributed by atoms with Crippen molar-refractivity contribution < 1.29 is 75.3 Å². The van der Waals surface area contributed by atoms with Crippen LogP contribution in [0.3, 0.4) is 0 Å². The van der Waals surface area contributed by atoms with Crippen LogP contribution in [-0.4, -0.2) is 9.85 Å². The molecule has 2 rings (SSSR count). The Kier molecular flexibility index (Phi) is 32.4. The molecule has 0 aliphatic carbocycles. The fraction of sp³-hybridized carbons (Fsp3) is 0.222. The van der Waals surface area contributed by atoms with Gasteiger partial charge in [0.2, 0.25) is 0 Å². The van der Waals surface area contributed by atoms with Crippen LogP contribution in [0, 0.1) is 35.1 Å². The summed E-state index contributed by atoms with van der Waals surface area (Å²) in [5.41, 5.74) is 0.0456. The van der Waals surface area contributed by atoms with Crippen molar-refractivity contribution in [2.75, 3.05) is 0 Å². The van der Waals surface area contributed by atoms with Gasteiger partial charge in [-0.05, 0) is 12.1 Å². The fourth-order valence-electron chi connectivity index (χ4n) is 1.39. The van der Waals surface area contributed by atoms with Gasteiger partial charge >= 0.3 is 0 Å². The van der Waals surface area contributed by atoms with Gasteiger partial charge in [-0.3, -0.25) is 20.2 Å². The summed E-state index contributed by atoms with van der Waals surface area (Å²) in [7, 11) is 2.63. The Balaban J connectivity index is -0.000000207. The summed E-state index contributed by atoms with van der Waals surface area (Å²) in [5.74, 6) is 0. The summed E-state index contributed by atoms with van der Waals surface area (Å²) in [5, 5.41) is 21.3. The van der Waals surface area contributed by atoms with E-state index in [0.717, 1.165) is 9.79 Å². The zero-order valence-electron chi connectivity index (χ0n) is 17.1. The van der Waals surface area contributed by atoms with Crippen LogP contribution >= 0.6 is 21.6 Å². The molecule has 0 aromatic heterocycles. The fourth-order valence-corrected chi connectivity index (χ4v) is 3.39. The molecule has 0 saturated heterocycles. The quantitative estimate of drug-likeness (QED) is 0.161. The van der Waals surface area contributed by atoms with Crippen LogP contribution in [0.1, 0.15) is 27.7 Å². The largest absolute Gasteiger partial charge is 0.358 e. The zero-order chi connectivity index (χ0) is 18.5. The molecule has 0 amide bonds. The predicted octanol–water partition coefficient (Wildman–Crippen LogP) is 7.25. The first-order valence-corrected chi connectivity index (χ1v) is 9.54. The minimum absolute atomic E-state index is 0. The molecule has 6 nitrogen and oxygen atoms in total. The molecule has 0 heterocycles. The molecule has 0 unspecified atom stereocenters. The van der Waals surface area contributed by atoms with Crippen molar-refractivity contribution in [2.24, 2.45) is 0 Å². The molecular formula is C18H26N2O4S2Y2-2. The Morgan fingerprint density at radius 2 is 0.964 bits per heavy atom. The third kappa shape index (κ3) is 15.0. The van der Waals surface area contributed by atoms with Gasteiger partial charge in [-0.2, -0.15) is 0 Å². The minimum atomic E-state index is -0.456. The number of benzene rings is 2. The van der Waals surface area contributed by atoms with E-state index < -0.39 is 9.85 Å². The standard InChI is InChI=1S/C12H8N2O4S2.2C2H6.2CH3.2Y/c15-13(16)9-3-1-5-11(7-9)19-20-12-6-2-4-10(8-12)14(17)18;2*1-2;;;;/h1-8H;2*1-2H3;2*1H3;;/q;;;2*-1;;. The number of nitro benzene ring substituents is 2. The van der Waals surface area contributed by atoms with E-state index in [4.69, 9.17) is 0 Å². The van der Waals surface area contributed by atoms with Crippen LogP contribution in [-0.2, 0) is 65.4 Å². The van der Waals surface area contributed by atoms with Crippen molar-refractivity contribution in [1.82, 2.24) is 0 Å². The molecule has 0 spiro atoms. The number of rotatable bonds is 5. The van der Waals surface area contributed by atoms with Crippen LogP contribution in [0.15, 0.2) is 58.3 Å². The van der Waals surface area contributed by atoms with E-state index >= 15 is 0 Å². The topological polar surface area (TPSA) is 86.3 Å². The Bertz CT molecular complexity index is 620. The zero-order valence-corrected chi connectivity index (χ0v) is 24.4. The summed E-state index contributed by atoms with van der Waals surface area (Å²) in [4.78, 5) is 21.8. The number of nitrogens with zero attached hydrogens (tertiary/aromatic N) is 2. The molecule has 152 valence electrons.